The summed E-state index contributed by atoms with van der Waals surface area (Å²) in [7, 11) is 1.55. The average molecular weight is 2010 g/mol. The lowest BCUT2D eigenvalue weighted by Gasteiger charge is -2.33. The second-order valence-corrected chi connectivity index (χ2v) is 39.8. The number of nitriles is 3. The molecular weight excluding hydrogens is 1890 g/mol. The molecule has 9 aromatic rings. The van der Waals surface area contributed by atoms with Crippen molar-refractivity contribution < 1.29 is 61.5 Å². The van der Waals surface area contributed by atoms with Crippen LogP contribution in [0.1, 0.15) is 246 Å². The molecule has 722 valence electrons. The highest BCUT2D eigenvalue weighted by Crippen LogP contribution is 2.40. The van der Waals surface area contributed by atoms with Gasteiger partial charge in [0.05, 0.1) is 41.6 Å². The molecule has 0 bridgehead atoms. The number of hydrogen-bond acceptors (Lipinski definition) is 19. The van der Waals surface area contributed by atoms with Gasteiger partial charge in [-0.15, -0.1) is 91.5 Å². The average Bonchev–Trinajstić information content (AvgIpc) is 1.37. The second-order valence-electron chi connectivity index (χ2n) is 34.1. The van der Waals surface area contributed by atoms with Crippen molar-refractivity contribution in [3.05, 3.63) is 226 Å². The summed E-state index contributed by atoms with van der Waals surface area (Å²) in [6.07, 6.45) is 26.5. The normalized spacial score (nSPS) is 15.7. The Hall–Kier alpha value is -10.9. The van der Waals surface area contributed by atoms with Crippen LogP contribution in [0, 0.1) is 39.9 Å². The van der Waals surface area contributed by atoms with Crippen LogP contribution in [0.5, 0.6) is 5.75 Å². The van der Waals surface area contributed by atoms with E-state index in [2.05, 4.69) is 44.8 Å². The molecule has 5 saturated carbocycles. The largest absolute Gasteiger partial charge is 0.497 e. The van der Waals surface area contributed by atoms with Crippen LogP contribution in [0.3, 0.4) is 0 Å². The zero-order chi connectivity index (χ0) is 97.3. The fourth-order valence-corrected chi connectivity index (χ4v) is 22.0. The maximum Gasteiger partial charge on any atom is 0.259 e. The summed E-state index contributed by atoms with van der Waals surface area (Å²) in [5, 5.41) is 52.7. The van der Waals surface area contributed by atoms with Gasteiger partial charge in [0.1, 0.15) is 59.7 Å². The smallest absolute Gasteiger partial charge is 0.259 e. The minimum atomic E-state index is -1.18. The third-order valence-electron chi connectivity index (χ3n) is 24.1. The predicted octanol–water partition coefficient (Wildman–Crippen LogP) is 21.1. The van der Waals surface area contributed by atoms with Gasteiger partial charge >= 0.3 is 0 Å². The number of ether oxygens (including phenoxy) is 1. The van der Waals surface area contributed by atoms with Gasteiger partial charge in [0, 0.05) is 78.2 Å². The first kappa shape index (κ1) is 107. The fourth-order valence-electron chi connectivity index (χ4n) is 17.5. The van der Waals surface area contributed by atoms with E-state index < -0.39 is 61.3 Å². The number of rotatable bonds is 32. The van der Waals surface area contributed by atoms with Crippen molar-refractivity contribution >= 4 is 173 Å². The summed E-state index contributed by atoms with van der Waals surface area (Å²) in [6, 6.07) is 48.0. The number of nitrogens with one attached hydrogen (secondary N) is 5. The van der Waals surface area contributed by atoms with Gasteiger partial charge < -0.3 is 36.2 Å². The minimum absolute atomic E-state index is 0.0990. The molecule has 4 aromatic carbocycles. The number of methoxy groups -OCH3 is 1. The van der Waals surface area contributed by atoms with Crippen LogP contribution in [-0.4, -0.2) is 139 Å². The van der Waals surface area contributed by atoms with E-state index in [1.807, 2.05) is 95.3 Å². The number of benzene rings is 4. The summed E-state index contributed by atoms with van der Waals surface area (Å²) in [5.41, 5.74) is 3.12. The highest BCUT2D eigenvalue weighted by Gasteiger charge is 2.41. The van der Waals surface area contributed by atoms with E-state index >= 15 is 0 Å². The summed E-state index contributed by atoms with van der Waals surface area (Å²) in [6.45, 7) is 2.03. The second kappa shape index (κ2) is 56.7. The van der Waals surface area contributed by atoms with Crippen LogP contribution in [0.15, 0.2) is 185 Å². The molecule has 5 N–H and O–H groups in total. The van der Waals surface area contributed by atoms with Crippen LogP contribution in [0.2, 0.25) is 0 Å². The molecule has 5 aromatic heterocycles. The van der Waals surface area contributed by atoms with E-state index in [4.69, 9.17) is 44.8 Å². The molecule has 0 radical (unpaired) electrons. The van der Waals surface area contributed by atoms with Crippen LogP contribution in [0.4, 0.5) is 31.5 Å². The van der Waals surface area contributed by atoms with Gasteiger partial charge in [-0.05, 0) is 206 Å². The predicted molar refractivity (Wildman–Crippen MR) is 537 cm³/mol. The minimum Gasteiger partial charge on any atom is -0.497 e. The van der Waals surface area contributed by atoms with Crippen LogP contribution in [-0.2, 0) is 47.9 Å². The lowest BCUT2D eigenvalue weighted by Crippen LogP contribution is -2.48. The first-order chi connectivity index (χ1) is 66.1. The summed E-state index contributed by atoms with van der Waals surface area (Å²) < 4.78 is 31.7. The Bertz CT molecular complexity index is 5380. The van der Waals surface area contributed by atoms with Crippen molar-refractivity contribution in [2.75, 3.05) is 64.2 Å². The Balaban J connectivity index is 0.000000176. The number of carbonyl (C=O) groups is 10. The lowest BCUT2D eigenvalue weighted by atomic mass is 9.95. The molecule has 24 nitrogen and oxygen atoms in total. The van der Waals surface area contributed by atoms with Gasteiger partial charge in [0.15, 0.2) is 13.3 Å². The zero-order valence-corrected chi connectivity index (χ0v) is 83.0. The Morgan fingerprint density at radius 2 is 0.676 bits per heavy atom. The van der Waals surface area contributed by atoms with Crippen LogP contribution >= 0.6 is 91.5 Å². The number of thiophene rings is 5. The Labute approximate surface area is 830 Å². The van der Waals surface area contributed by atoms with Gasteiger partial charge in [-0.1, -0.05) is 159 Å². The number of amides is 10. The van der Waals surface area contributed by atoms with Gasteiger partial charge in [-0.3, -0.25) is 67.5 Å². The van der Waals surface area contributed by atoms with Gasteiger partial charge in [-0.25, -0.2) is 8.78 Å². The molecule has 0 spiro atoms. The number of hydrogen-bond donors (Lipinski definition) is 5. The molecule has 10 amide bonds. The van der Waals surface area contributed by atoms with E-state index in [0.717, 1.165) is 148 Å². The van der Waals surface area contributed by atoms with Crippen molar-refractivity contribution in [3.8, 4) is 24.0 Å². The molecule has 0 aliphatic heterocycles. The molecule has 5 aliphatic rings. The van der Waals surface area contributed by atoms with Gasteiger partial charge in [0.2, 0.25) is 47.3 Å². The first-order valence-corrected chi connectivity index (χ1v) is 52.3. The van der Waals surface area contributed by atoms with Crippen molar-refractivity contribution in [1.82, 2.24) is 31.5 Å². The topological polar surface area (TPSA) is 328 Å². The van der Waals surface area contributed by atoms with Crippen molar-refractivity contribution in [2.45, 2.75) is 235 Å². The third-order valence-corrected chi connectivity index (χ3v) is 29.4. The molecule has 0 saturated heterocycles. The lowest BCUT2D eigenvalue weighted by molar-refractivity contribution is -0.142. The molecule has 5 aliphatic carbocycles. The molecule has 14 rings (SSSR count). The first-order valence-electron chi connectivity index (χ1n) is 46.3. The van der Waals surface area contributed by atoms with E-state index in [9.17, 15) is 67.2 Å². The number of halogens is 5. The molecule has 5 heterocycles. The quantitative estimate of drug-likeness (QED) is 0.0245. The molecular formula is C102H118Cl3F2N13O11S5. The molecule has 136 heavy (non-hydrogen) atoms. The summed E-state index contributed by atoms with van der Waals surface area (Å²) >= 11 is 24.7. The number of anilines is 4. The highest BCUT2D eigenvalue weighted by molar-refractivity contribution is 7.11. The van der Waals surface area contributed by atoms with Crippen molar-refractivity contribution in [1.29, 1.82) is 15.8 Å². The van der Waals surface area contributed by atoms with E-state index in [0.29, 0.717) is 56.6 Å². The molecule has 34 heteroatoms. The molecule has 5 atom stereocenters. The number of alkyl halides is 5. The third kappa shape index (κ3) is 31.0. The summed E-state index contributed by atoms with van der Waals surface area (Å²) in [4.78, 5) is 140. The molecule has 5 fully saturated rings. The van der Waals surface area contributed by atoms with Crippen LogP contribution < -0.4 is 50.9 Å². The highest BCUT2D eigenvalue weighted by atomic mass is 35.5. The van der Waals surface area contributed by atoms with E-state index in [1.165, 1.54) is 113 Å². The van der Waals surface area contributed by atoms with E-state index in [-0.39, 0.29) is 95.1 Å². The number of carbonyl (C=O) groups excluding carboxylic acids is 10. The zero-order valence-electron chi connectivity index (χ0n) is 76.7. The number of para-hydroxylation sites is 1. The van der Waals surface area contributed by atoms with Crippen molar-refractivity contribution in [3.63, 3.8) is 0 Å². The van der Waals surface area contributed by atoms with Gasteiger partial charge in [-0.2, -0.15) is 15.8 Å². The Kier molecular flexibility index (Phi) is 44.7. The maximum atomic E-state index is 13.4. The van der Waals surface area contributed by atoms with Gasteiger partial charge in [0.25, 0.3) is 11.8 Å². The summed E-state index contributed by atoms with van der Waals surface area (Å²) in [5.74, 6) is -3.62. The Morgan fingerprint density at radius 3 is 0.993 bits per heavy atom. The van der Waals surface area contributed by atoms with E-state index in [1.54, 1.807) is 110 Å². The van der Waals surface area contributed by atoms with Crippen molar-refractivity contribution in [2.24, 2.45) is 5.92 Å². The van der Waals surface area contributed by atoms with Crippen LogP contribution in [0.25, 0.3) is 0 Å². The fraction of sp³-hybridized carbons (Fsp3) is 0.441. The monoisotopic (exact) mass is 2000 g/mol. The molecule has 5 unspecified atom stereocenters. The number of nitrogens with zero attached hydrogens (tertiary/aromatic N) is 8. The Morgan fingerprint density at radius 1 is 0.360 bits per heavy atom. The standard InChI is InChI=1S/3C21H22ClN3O2S.C21H25FN2O3S.C18H27FN2O2S/c22-13-19(26)25(17-9-4-6-15(12-17)14-23)20(18-10-5-11-28-18)21(27)24-16-7-2-1-3-8-16;22-13-19(26)25(17-10-5-4-7-15(17)14-23)20(18-11-6-12-28-18)21(27)24-16-8-2-1-3-9-16;22-13-19(26)25(17-10-8-15(14-23)9-11-17)20(18-7-4-12-28-18)21(27)24-16-5-2-1-3-6-16;1-27-17-11-9-16(10-12-17)24(19(25)14-22)20(18-8-5-13-28-18)21(26)23-15-6-3-2-4-7-15;1-13(2)12-21(16(22)11-19)17(15-9-6-10-24-15)18(23)20-14-7-4-3-5-8-14/h4-6,9-12,16,20H,1-3,7-8,13H2,(H,24,27);4-7,10-12,16,20H,1-3,8-9,13H2,(H,24,27);4,7-12,16,20H,1-3,5-6,13H2,(H,24,27);5,8-13,15,20H,2-4,6-7,14H2,1H3,(H,23,26);6,9-10,13-14,17H,3-5,7-8,11-12H2,1-2H3,(H,20,23). The SMILES string of the molecule is CC(C)CN(C(=O)CF)C(C(=O)NC1CCCCC1)c1cccs1.COc1ccc(N(C(=O)CF)C(C(=O)NC2CCCCC2)c2cccs2)cc1.N#Cc1ccc(N(C(=O)CCl)C(C(=O)NC2CCCCC2)c2cccs2)cc1.N#Cc1cccc(N(C(=O)CCl)C(C(=O)NC2CCCCC2)c2cccs2)c1.N#Cc1ccccc1N(C(=O)CCl)C(C(=O)NC1CCCCC1)c1cccs1. The maximum absolute atomic E-state index is 13.4.